The maximum atomic E-state index is 12.0. The first kappa shape index (κ1) is 15.9. The molecule has 0 amide bonds. The van der Waals surface area contributed by atoms with Crippen LogP contribution in [-0.4, -0.2) is 25.4 Å². The van der Waals surface area contributed by atoms with Crippen molar-refractivity contribution >= 4 is 0 Å². The summed E-state index contributed by atoms with van der Waals surface area (Å²) in [4.78, 5) is 0. The second kappa shape index (κ2) is 6.88. The highest BCUT2D eigenvalue weighted by molar-refractivity contribution is 5.30. The van der Waals surface area contributed by atoms with Gasteiger partial charge in [0.2, 0.25) is 0 Å². The number of aryl methyl sites for hydroxylation is 2. The molecule has 0 saturated heterocycles. The van der Waals surface area contributed by atoms with Gasteiger partial charge in [-0.1, -0.05) is 18.2 Å². The van der Waals surface area contributed by atoms with Crippen LogP contribution in [0.5, 0.6) is 0 Å². The van der Waals surface area contributed by atoms with Crippen molar-refractivity contribution in [3.63, 3.8) is 0 Å². The van der Waals surface area contributed by atoms with Gasteiger partial charge >= 0.3 is 6.18 Å². The molecular formula is C13H19F3N2O. The quantitative estimate of drug-likeness (QED) is 0.619. The maximum absolute atomic E-state index is 12.0. The van der Waals surface area contributed by atoms with Crippen LogP contribution >= 0.6 is 0 Å². The maximum Gasteiger partial charge on any atom is 0.411 e. The third kappa shape index (κ3) is 6.04. The molecule has 0 aromatic heterocycles. The largest absolute Gasteiger partial charge is 0.411 e. The molecule has 1 rings (SSSR count). The van der Waals surface area contributed by atoms with E-state index >= 15 is 0 Å². The summed E-state index contributed by atoms with van der Waals surface area (Å²) in [7, 11) is 0. The van der Waals surface area contributed by atoms with Crippen LogP contribution in [0.4, 0.5) is 13.2 Å². The van der Waals surface area contributed by atoms with Gasteiger partial charge in [-0.3, -0.25) is 11.3 Å². The number of hydrogen-bond donors (Lipinski definition) is 2. The third-order valence-corrected chi connectivity index (χ3v) is 2.87. The summed E-state index contributed by atoms with van der Waals surface area (Å²) in [5.74, 6) is 5.33. The fourth-order valence-corrected chi connectivity index (χ4v) is 1.70. The fourth-order valence-electron chi connectivity index (χ4n) is 1.70. The van der Waals surface area contributed by atoms with Crippen molar-refractivity contribution in [2.45, 2.75) is 32.5 Å². The molecule has 0 aliphatic rings. The molecule has 0 spiro atoms. The minimum absolute atomic E-state index is 0.0804. The Labute approximate surface area is 110 Å². The molecule has 6 heteroatoms. The highest BCUT2D eigenvalue weighted by Gasteiger charge is 2.27. The molecule has 19 heavy (non-hydrogen) atoms. The molecule has 0 bridgehead atoms. The van der Waals surface area contributed by atoms with Gasteiger partial charge in [-0.25, -0.2) is 0 Å². The van der Waals surface area contributed by atoms with Gasteiger partial charge < -0.3 is 4.74 Å². The number of nitrogens with one attached hydrogen (secondary N) is 1. The summed E-state index contributed by atoms with van der Waals surface area (Å²) in [6.45, 7) is 2.66. The summed E-state index contributed by atoms with van der Waals surface area (Å²) in [6.07, 6.45) is -3.78. The van der Waals surface area contributed by atoms with Crippen molar-refractivity contribution in [3.8, 4) is 0 Å². The van der Waals surface area contributed by atoms with Crippen molar-refractivity contribution in [3.05, 3.63) is 34.9 Å². The van der Waals surface area contributed by atoms with E-state index in [9.17, 15) is 13.2 Å². The average Bonchev–Trinajstić information content (AvgIpc) is 2.31. The zero-order valence-corrected chi connectivity index (χ0v) is 11.1. The molecule has 1 aromatic carbocycles. The molecule has 108 valence electrons. The number of nitrogens with two attached hydrogens (primary N) is 1. The van der Waals surface area contributed by atoms with Crippen molar-refractivity contribution in [1.29, 1.82) is 0 Å². The van der Waals surface area contributed by atoms with Crippen LogP contribution in [0.25, 0.3) is 0 Å². The Kier molecular flexibility index (Phi) is 5.78. The Morgan fingerprint density at radius 2 is 1.95 bits per heavy atom. The number of hydrazine groups is 1. The van der Waals surface area contributed by atoms with Crippen molar-refractivity contribution < 1.29 is 17.9 Å². The zero-order chi connectivity index (χ0) is 14.5. The van der Waals surface area contributed by atoms with Gasteiger partial charge in [-0.05, 0) is 37.0 Å². The summed E-state index contributed by atoms with van der Waals surface area (Å²) < 4.78 is 40.5. The molecule has 3 nitrogen and oxygen atoms in total. The van der Waals surface area contributed by atoms with Crippen molar-refractivity contribution in [1.82, 2.24) is 5.43 Å². The number of ether oxygens (including phenoxy) is 1. The Morgan fingerprint density at radius 3 is 2.47 bits per heavy atom. The summed E-state index contributed by atoms with van der Waals surface area (Å²) in [6, 6.07) is 5.58. The fraction of sp³-hybridized carbons (Fsp3) is 0.538. The minimum atomic E-state index is -4.31. The first-order valence-corrected chi connectivity index (χ1v) is 5.98. The van der Waals surface area contributed by atoms with E-state index in [1.165, 1.54) is 5.56 Å². The van der Waals surface area contributed by atoms with Crippen LogP contribution in [-0.2, 0) is 11.2 Å². The molecule has 3 N–H and O–H groups in total. The highest BCUT2D eigenvalue weighted by Crippen LogP contribution is 2.15. The molecule has 1 atom stereocenters. The monoisotopic (exact) mass is 276 g/mol. The molecule has 1 unspecified atom stereocenters. The van der Waals surface area contributed by atoms with Gasteiger partial charge in [0.15, 0.2) is 0 Å². The van der Waals surface area contributed by atoms with Crippen molar-refractivity contribution in [2.75, 3.05) is 13.2 Å². The molecule has 0 saturated carbocycles. The second-order valence-corrected chi connectivity index (χ2v) is 4.62. The molecule has 0 heterocycles. The third-order valence-electron chi connectivity index (χ3n) is 2.87. The lowest BCUT2D eigenvalue weighted by atomic mass is 10.0. The summed E-state index contributed by atoms with van der Waals surface area (Å²) in [5, 5.41) is 0. The number of hydrogen-bond acceptors (Lipinski definition) is 3. The standard InChI is InChI=1S/C13H19F3N2O/c1-9-3-4-11(5-10(9)2)6-12(18-17)7-19-8-13(14,15)16/h3-5,12,18H,6-8,17H2,1-2H3. The number of alkyl halides is 3. The second-order valence-electron chi connectivity index (χ2n) is 4.62. The summed E-state index contributed by atoms with van der Waals surface area (Å²) >= 11 is 0. The normalized spacial score (nSPS) is 13.6. The van der Waals surface area contributed by atoms with Gasteiger partial charge in [0, 0.05) is 6.04 Å². The van der Waals surface area contributed by atoms with E-state index in [4.69, 9.17) is 5.84 Å². The average molecular weight is 276 g/mol. The van der Waals surface area contributed by atoms with Crippen LogP contribution in [0.15, 0.2) is 18.2 Å². The van der Waals surface area contributed by atoms with E-state index in [0.29, 0.717) is 6.42 Å². The van der Waals surface area contributed by atoms with Gasteiger partial charge in [0.1, 0.15) is 6.61 Å². The molecule has 0 fully saturated rings. The summed E-state index contributed by atoms with van der Waals surface area (Å²) in [5.41, 5.74) is 5.81. The Morgan fingerprint density at radius 1 is 1.26 bits per heavy atom. The highest BCUT2D eigenvalue weighted by atomic mass is 19.4. The van der Waals surface area contributed by atoms with Crippen LogP contribution < -0.4 is 11.3 Å². The van der Waals surface area contributed by atoms with Gasteiger partial charge in [-0.15, -0.1) is 0 Å². The first-order valence-electron chi connectivity index (χ1n) is 5.98. The predicted octanol–water partition coefficient (Wildman–Crippen LogP) is 2.26. The van der Waals surface area contributed by atoms with E-state index in [1.54, 1.807) is 0 Å². The van der Waals surface area contributed by atoms with Crippen LogP contribution in [0.2, 0.25) is 0 Å². The molecule has 1 aromatic rings. The number of halogens is 3. The van der Waals surface area contributed by atoms with E-state index < -0.39 is 12.8 Å². The van der Waals surface area contributed by atoms with Crippen LogP contribution in [0.3, 0.4) is 0 Å². The van der Waals surface area contributed by atoms with Crippen LogP contribution in [0.1, 0.15) is 16.7 Å². The minimum Gasteiger partial charge on any atom is -0.370 e. The van der Waals surface area contributed by atoms with E-state index in [0.717, 1.165) is 11.1 Å². The Balaban J connectivity index is 2.49. The topological polar surface area (TPSA) is 47.3 Å². The number of rotatable bonds is 6. The van der Waals surface area contributed by atoms with Gasteiger partial charge in [-0.2, -0.15) is 13.2 Å². The Hall–Kier alpha value is -1.11. The molecular weight excluding hydrogens is 257 g/mol. The number of benzene rings is 1. The predicted molar refractivity (Wildman–Crippen MR) is 67.6 cm³/mol. The molecule has 0 aliphatic carbocycles. The first-order chi connectivity index (χ1) is 8.81. The van der Waals surface area contributed by atoms with Crippen molar-refractivity contribution in [2.24, 2.45) is 5.84 Å². The van der Waals surface area contributed by atoms with E-state index in [2.05, 4.69) is 10.2 Å². The lowest BCUT2D eigenvalue weighted by molar-refractivity contribution is -0.175. The lowest BCUT2D eigenvalue weighted by Gasteiger charge is -2.17. The molecule has 0 aliphatic heterocycles. The van der Waals surface area contributed by atoms with Gasteiger partial charge in [0.05, 0.1) is 6.61 Å². The van der Waals surface area contributed by atoms with E-state index in [-0.39, 0.29) is 12.6 Å². The van der Waals surface area contributed by atoms with E-state index in [1.807, 2.05) is 32.0 Å². The van der Waals surface area contributed by atoms with Gasteiger partial charge in [0.25, 0.3) is 0 Å². The molecule has 0 radical (unpaired) electrons. The zero-order valence-electron chi connectivity index (χ0n) is 11.1. The van der Waals surface area contributed by atoms with Crippen LogP contribution in [0, 0.1) is 13.8 Å². The lowest BCUT2D eigenvalue weighted by Crippen LogP contribution is -2.41. The SMILES string of the molecule is Cc1ccc(CC(COCC(F)(F)F)NN)cc1C. The smallest absolute Gasteiger partial charge is 0.370 e. The Bertz CT molecular complexity index is 407.